The first kappa shape index (κ1) is 18.8. The van der Waals surface area contributed by atoms with Gasteiger partial charge < -0.3 is 10.1 Å². The van der Waals surface area contributed by atoms with E-state index in [0.717, 1.165) is 6.26 Å². The Bertz CT molecular complexity index is 934. The third-order valence-corrected chi connectivity index (χ3v) is 5.22. The number of nitriles is 1. The highest BCUT2D eigenvalue weighted by atomic mass is 35.5. The van der Waals surface area contributed by atoms with Crippen LogP contribution in [0.25, 0.3) is 0 Å². The number of halogens is 1. The molecule has 8 heteroatoms. The second kappa shape index (κ2) is 7.55. The van der Waals surface area contributed by atoms with Crippen molar-refractivity contribution in [3.05, 3.63) is 53.1 Å². The molecule has 0 saturated heterocycles. The highest BCUT2D eigenvalue weighted by Gasteiger charge is 2.23. The van der Waals surface area contributed by atoms with E-state index in [1.54, 1.807) is 36.4 Å². The maximum Gasteiger partial charge on any atom is 0.242 e. The second-order valence-corrected chi connectivity index (χ2v) is 8.12. The number of carbonyl (C=O) groups excluding carboxylic acids is 1. The number of benzene rings is 2. The Labute approximate surface area is 150 Å². The molecule has 2 aromatic rings. The fourth-order valence-electron chi connectivity index (χ4n) is 1.82. The maximum atomic E-state index is 11.9. The van der Waals surface area contributed by atoms with Crippen LogP contribution in [-0.4, -0.2) is 25.8 Å². The number of rotatable bonds is 5. The lowest BCUT2D eigenvalue weighted by Crippen LogP contribution is -2.31. The number of carbonyl (C=O) groups is 1. The highest BCUT2D eigenvalue weighted by Crippen LogP contribution is 2.31. The number of nitrogens with zero attached hydrogens (tertiary/aromatic N) is 1. The predicted octanol–water partition coefficient (Wildman–Crippen LogP) is 3.38. The van der Waals surface area contributed by atoms with Crippen LogP contribution in [-0.2, 0) is 14.6 Å². The standard InChI is InChI=1S/C17H15ClN2O4S/c1-11(25(2,22)23)17(21)20-13-5-8-16(15(18)9-13)24-14-6-3-12(10-19)4-7-14/h3-9,11H,1-2H3,(H,20,21)/t11-/m1/s1. The number of hydrogen-bond acceptors (Lipinski definition) is 5. The molecular formula is C17H15ClN2O4S. The van der Waals surface area contributed by atoms with Crippen LogP contribution < -0.4 is 10.1 Å². The van der Waals surface area contributed by atoms with Gasteiger partial charge in [0.15, 0.2) is 9.84 Å². The molecule has 6 nitrogen and oxygen atoms in total. The van der Waals surface area contributed by atoms with Crippen molar-refractivity contribution < 1.29 is 17.9 Å². The van der Waals surface area contributed by atoms with Crippen molar-refractivity contribution in [2.45, 2.75) is 12.2 Å². The zero-order valence-corrected chi connectivity index (χ0v) is 15.1. The Morgan fingerprint density at radius 3 is 2.40 bits per heavy atom. The van der Waals surface area contributed by atoms with Gasteiger partial charge in [0.2, 0.25) is 5.91 Å². The fraction of sp³-hybridized carbons (Fsp3) is 0.176. The summed E-state index contributed by atoms with van der Waals surface area (Å²) in [7, 11) is -3.48. The van der Waals surface area contributed by atoms with Gasteiger partial charge in [0, 0.05) is 11.9 Å². The smallest absolute Gasteiger partial charge is 0.242 e. The largest absolute Gasteiger partial charge is 0.456 e. The lowest BCUT2D eigenvalue weighted by molar-refractivity contribution is -0.115. The fourth-order valence-corrected chi connectivity index (χ4v) is 2.49. The van der Waals surface area contributed by atoms with Crippen molar-refractivity contribution in [3.8, 4) is 17.6 Å². The molecule has 0 spiro atoms. The molecule has 2 aromatic carbocycles. The van der Waals surface area contributed by atoms with Gasteiger partial charge in [-0.1, -0.05) is 11.6 Å². The van der Waals surface area contributed by atoms with Crippen molar-refractivity contribution in [1.29, 1.82) is 5.26 Å². The van der Waals surface area contributed by atoms with E-state index >= 15 is 0 Å². The van der Waals surface area contributed by atoms with E-state index in [0.29, 0.717) is 22.7 Å². The molecule has 2 rings (SSSR count). The van der Waals surface area contributed by atoms with Gasteiger partial charge in [0.25, 0.3) is 0 Å². The number of anilines is 1. The summed E-state index contributed by atoms with van der Waals surface area (Å²) in [4.78, 5) is 11.9. The molecular weight excluding hydrogens is 364 g/mol. The number of sulfone groups is 1. The molecule has 0 fully saturated rings. The molecule has 0 saturated carbocycles. The molecule has 1 atom stereocenters. The molecule has 0 unspecified atom stereocenters. The van der Waals surface area contributed by atoms with Crippen LogP contribution in [0.4, 0.5) is 5.69 Å². The van der Waals surface area contributed by atoms with E-state index in [4.69, 9.17) is 21.6 Å². The monoisotopic (exact) mass is 378 g/mol. The second-order valence-electron chi connectivity index (χ2n) is 5.34. The molecule has 25 heavy (non-hydrogen) atoms. The van der Waals surface area contributed by atoms with Gasteiger partial charge in [-0.25, -0.2) is 8.42 Å². The normalized spacial score (nSPS) is 12.1. The zero-order valence-electron chi connectivity index (χ0n) is 13.5. The lowest BCUT2D eigenvalue weighted by Gasteiger charge is -2.12. The molecule has 130 valence electrons. The number of nitrogens with one attached hydrogen (secondary N) is 1. The van der Waals surface area contributed by atoms with Gasteiger partial charge >= 0.3 is 0 Å². The molecule has 1 amide bonds. The topological polar surface area (TPSA) is 96.3 Å². The van der Waals surface area contributed by atoms with Gasteiger partial charge in [-0.2, -0.15) is 5.26 Å². The first-order valence-electron chi connectivity index (χ1n) is 7.18. The summed E-state index contributed by atoms with van der Waals surface area (Å²) in [6.45, 7) is 1.31. The molecule has 0 bridgehead atoms. The SMILES string of the molecule is C[C@H](C(=O)Nc1ccc(Oc2ccc(C#N)cc2)c(Cl)c1)S(C)(=O)=O. The molecule has 0 aliphatic heterocycles. The first-order chi connectivity index (χ1) is 11.7. The van der Waals surface area contributed by atoms with Crippen LogP contribution >= 0.6 is 11.6 Å². The molecule has 0 aliphatic rings. The predicted molar refractivity (Wildman–Crippen MR) is 95.6 cm³/mol. The third kappa shape index (κ3) is 4.95. The molecule has 0 aliphatic carbocycles. The number of hydrogen-bond donors (Lipinski definition) is 1. The Kier molecular flexibility index (Phi) is 5.67. The minimum atomic E-state index is -3.48. The van der Waals surface area contributed by atoms with Crippen LogP contribution in [0.1, 0.15) is 12.5 Å². The van der Waals surface area contributed by atoms with E-state index in [9.17, 15) is 13.2 Å². The van der Waals surface area contributed by atoms with E-state index in [2.05, 4.69) is 5.32 Å². The Balaban J connectivity index is 2.12. The van der Waals surface area contributed by atoms with Crippen LogP contribution in [0, 0.1) is 11.3 Å². The van der Waals surface area contributed by atoms with Crippen molar-refractivity contribution in [1.82, 2.24) is 0 Å². The Morgan fingerprint density at radius 2 is 1.88 bits per heavy atom. The van der Waals surface area contributed by atoms with Crippen molar-refractivity contribution in [2.75, 3.05) is 11.6 Å². The van der Waals surface area contributed by atoms with Crippen molar-refractivity contribution in [2.24, 2.45) is 0 Å². The van der Waals surface area contributed by atoms with Crippen molar-refractivity contribution in [3.63, 3.8) is 0 Å². The van der Waals surface area contributed by atoms with E-state index < -0.39 is 21.0 Å². The summed E-state index contributed by atoms with van der Waals surface area (Å²) >= 11 is 6.14. The van der Waals surface area contributed by atoms with Crippen molar-refractivity contribution >= 4 is 33.0 Å². The molecule has 0 aromatic heterocycles. The van der Waals surface area contributed by atoms with Gasteiger partial charge in [0.1, 0.15) is 16.7 Å². The Morgan fingerprint density at radius 1 is 1.24 bits per heavy atom. The van der Waals surface area contributed by atoms with E-state index in [1.807, 2.05) is 6.07 Å². The van der Waals surface area contributed by atoms with Gasteiger partial charge in [-0.3, -0.25) is 4.79 Å². The van der Waals surface area contributed by atoms with Gasteiger partial charge in [-0.15, -0.1) is 0 Å². The molecule has 0 radical (unpaired) electrons. The number of amides is 1. The molecule has 1 N–H and O–H groups in total. The Hall–Kier alpha value is -2.56. The minimum absolute atomic E-state index is 0.245. The summed E-state index contributed by atoms with van der Waals surface area (Å²) in [5, 5.41) is 10.3. The third-order valence-electron chi connectivity index (χ3n) is 3.42. The molecule has 0 heterocycles. The summed E-state index contributed by atoms with van der Waals surface area (Å²) in [5.74, 6) is 0.225. The zero-order chi connectivity index (χ0) is 18.6. The average Bonchev–Trinajstić information content (AvgIpc) is 2.56. The van der Waals surface area contributed by atoms with Gasteiger partial charge in [0.05, 0.1) is 16.7 Å². The van der Waals surface area contributed by atoms with Crippen LogP contribution in [0.5, 0.6) is 11.5 Å². The quantitative estimate of drug-likeness (QED) is 0.860. The highest BCUT2D eigenvalue weighted by molar-refractivity contribution is 7.92. The maximum absolute atomic E-state index is 11.9. The average molecular weight is 379 g/mol. The summed E-state index contributed by atoms with van der Waals surface area (Å²) < 4.78 is 28.4. The lowest BCUT2D eigenvalue weighted by atomic mass is 10.2. The van der Waals surface area contributed by atoms with E-state index in [1.165, 1.54) is 13.0 Å². The number of ether oxygens (including phenoxy) is 1. The van der Waals surface area contributed by atoms with Crippen LogP contribution in [0.2, 0.25) is 5.02 Å². The van der Waals surface area contributed by atoms with E-state index in [-0.39, 0.29) is 5.02 Å². The van der Waals surface area contributed by atoms with Crippen LogP contribution in [0.15, 0.2) is 42.5 Å². The first-order valence-corrected chi connectivity index (χ1v) is 9.51. The summed E-state index contributed by atoms with van der Waals surface area (Å²) in [6.07, 6.45) is 0.999. The summed E-state index contributed by atoms with van der Waals surface area (Å²) in [5.41, 5.74) is 0.870. The minimum Gasteiger partial charge on any atom is -0.456 e. The summed E-state index contributed by atoms with van der Waals surface area (Å²) in [6, 6.07) is 13.1. The van der Waals surface area contributed by atoms with Gasteiger partial charge in [-0.05, 0) is 49.4 Å². The van der Waals surface area contributed by atoms with Crippen LogP contribution in [0.3, 0.4) is 0 Å².